The lowest BCUT2D eigenvalue weighted by Gasteiger charge is -2.29. The molecule has 10 heteroatoms. The third kappa shape index (κ3) is 4.99. The van der Waals surface area contributed by atoms with E-state index in [0.29, 0.717) is 45.7 Å². The van der Waals surface area contributed by atoms with Crippen molar-refractivity contribution in [3.8, 4) is 0 Å². The van der Waals surface area contributed by atoms with E-state index in [-0.39, 0.29) is 41.8 Å². The van der Waals surface area contributed by atoms with Crippen molar-refractivity contribution in [2.24, 2.45) is 0 Å². The maximum atomic E-state index is 13.5. The largest absolute Gasteiger partial charge is 0.394 e. The van der Waals surface area contributed by atoms with Gasteiger partial charge in [0, 0.05) is 36.1 Å². The SMILES string of the molecule is O=C(Cc1ccc(C(=O)c2c[nH]c3ncnc(N[C@@H]4CC[C@@H](CO)OC4)c23)c(Cl)c1)c1cccnc1. The average Bonchev–Trinajstić information content (AvgIpc) is 3.35. The highest BCUT2D eigenvalue weighted by atomic mass is 35.5. The minimum Gasteiger partial charge on any atom is -0.394 e. The Morgan fingerprint density at radius 3 is 2.81 bits per heavy atom. The Kier molecular flexibility index (Phi) is 7.04. The van der Waals surface area contributed by atoms with Crippen LogP contribution >= 0.6 is 11.6 Å². The van der Waals surface area contributed by atoms with Crippen molar-refractivity contribution in [3.63, 3.8) is 0 Å². The summed E-state index contributed by atoms with van der Waals surface area (Å²) in [7, 11) is 0. The summed E-state index contributed by atoms with van der Waals surface area (Å²) in [6.45, 7) is 0.424. The van der Waals surface area contributed by atoms with E-state index < -0.39 is 0 Å². The summed E-state index contributed by atoms with van der Waals surface area (Å²) in [5.74, 6) is 0.157. The molecule has 0 spiro atoms. The van der Waals surface area contributed by atoms with Gasteiger partial charge in [0.1, 0.15) is 17.8 Å². The van der Waals surface area contributed by atoms with Crippen LogP contribution in [0.25, 0.3) is 11.0 Å². The lowest BCUT2D eigenvalue weighted by molar-refractivity contribution is -0.0224. The summed E-state index contributed by atoms with van der Waals surface area (Å²) < 4.78 is 5.66. The quantitative estimate of drug-likeness (QED) is 0.309. The molecule has 0 saturated carbocycles. The standard InChI is InChI=1S/C26H24ClN5O4/c27-21-8-15(9-22(34)16-2-1-7-28-10-16)3-6-19(21)24(35)20-11-29-25-23(20)26(31-14-30-25)32-17-4-5-18(12-33)36-13-17/h1-3,6-8,10-11,14,17-18,33H,4-5,9,12-13H2,(H2,29,30,31,32)/t17-,18+/m1/s1. The van der Waals surface area contributed by atoms with E-state index in [1.54, 1.807) is 42.7 Å². The zero-order chi connectivity index (χ0) is 25.1. The summed E-state index contributed by atoms with van der Waals surface area (Å²) >= 11 is 6.51. The second-order valence-corrected chi connectivity index (χ2v) is 9.10. The number of carbonyl (C=O) groups excluding carboxylic acids is 2. The van der Waals surface area contributed by atoms with Crippen LogP contribution < -0.4 is 5.32 Å². The van der Waals surface area contributed by atoms with Crippen molar-refractivity contribution in [1.29, 1.82) is 0 Å². The van der Waals surface area contributed by atoms with Crippen LogP contribution in [0.4, 0.5) is 5.82 Å². The Hall–Kier alpha value is -3.66. The van der Waals surface area contributed by atoms with Gasteiger partial charge in [0.25, 0.3) is 0 Å². The molecule has 1 aromatic carbocycles. The number of halogens is 1. The molecule has 3 N–H and O–H groups in total. The third-order valence-corrected chi connectivity index (χ3v) is 6.57. The number of aliphatic hydroxyl groups is 1. The van der Waals surface area contributed by atoms with Crippen LogP contribution in [0.1, 0.15) is 44.7 Å². The number of ether oxygens (including phenoxy) is 1. The number of rotatable bonds is 8. The topological polar surface area (TPSA) is 130 Å². The van der Waals surface area contributed by atoms with Gasteiger partial charge >= 0.3 is 0 Å². The van der Waals surface area contributed by atoms with Gasteiger partial charge in [0.05, 0.1) is 41.3 Å². The lowest BCUT2D eigenvalue weighted by Crippen LogP contribution is -2.36. The zero-order valence-electron chi connectivity index (χ0n) is 19.3. The minimum absolute atomic E-state index is 0.00188. The van der Waals surface area contributed by atoms with Crippen LogP contribution in [0.2, 0.25) is 5.02 Å². The predicted octanol–water partition coefficient (Wildman–Crippen LogP) is 3.61. The second-order valence-electron chi connectivity index (χ2n) is 8.69. The molecule has 0 aliphatic carbocycles. The molecule has 0 amide bonds. The maximum Gasteiger partial charge on any atom is 0.196 e. The van der Waals surface area contributed by atoms with Gasteiger partial charge in [-0.05, 0) is 42.7 Å². The molecule has 1 fully saturated rings. The Morgan fingerprint density at radius 2 is 2.08 bits per heavy atom. The van der Waals surface area contributed by atoms with E-state index in [1.165, 1.54) is 12.5 Å². The molecule has 0 unspecified atom stereocenters. The molecular formula is C26H24ClN5O4. The summed E-state index contributed by atoms with van der Waals surface area (Å²) in [5, 5.41) is 13.5. The molecule has 3 aromatic heterocycles. The number of anilines is 1. The number of aromatic amines is 1. The fraction of sp³-hybridized carbons (Fsp3) is 0.269. The van der Waals surface area contributed by atoms with E-state index in [4.69, 9.17) is 16.3 Å². The number of hydrogen-bond donors (Lipinski definition) is 3. The highest BCUT2D eigenvalue weighted by molar-refractivity contribution is 6.35. The summed E-state index contributed by atoms with van der Waals surface area (Å²) in [6, 6.07) is 8.42. The van der Waals surface area contributed by atoms with Crippen LogP contribution in [-0.2, 0) is 11.2 Å². The Balaban J connectivity index is 1.38. The van der Waals surface area contributed by atoms with Crippen LogP contribution in [0.15, 0.2) is 55.2 Å². The van der Waals surface area contributed by atoms with Gasteiger partial charge in [-0.25, -0.2) is 9.97 Å². The van der Waals surface area contributed by atoms with Crippen LogP contribution in [0.3, 0.4) is 0 Å². The molecule has 0 bridgehead atoms. The minimum atomic E-state index is -0.283. The van der Waals surface area contributed by atoms with E-state index in [1.807, 2.05) is 0 Å². The van der Waals surface area contributed by atoms with Crippen LogP contribution in [-0.4, -0.2) is 62.0 Å². The number of benzene rings is 1. The lowest BCUT2D eigenvalue weighted by atomic mass is 9.99. The van der Waals surface area contributed by atoms with Gasteiger partial charge in [0.15, 0.2) is 11.6 Å². The van der Waals surface area contributed by atoms with Gasteiger partial charge in [-0.3, -0.25) is 14.6 Å². The van der Waals surface area contributed by atoms with Gasteiger partial charge in [0.2, 0.25) is 0 Å². The number of nitrogens with zero attached hydrogens (tertiary/aromatic N) is 3. The molecule has 1 aliphatic rings. The van der Waals surface area contributed by atoms with E-state index in [9.17, 15) is 14.7 Å². The van der Waals surface area contributed by atoms with Gasteiger partial charge in [-0.2, -0.15) is 0 Å². The van der Waals surface area contributed by atoms with Gasteiger partial charge in [-0.15, -0.1) is 0 Å². The Morgan fingerprint density at radius 1 is 1.19 bits per heavy atom. The number of aromatic nitrogens is 4. The van der Waals surface area contributed by atoms with Crippen molar-refractivity contribution in [3.05, 3.63) is 82.5 Å². The first-order valence-electron chi connectivity index (χ1n) is 11.6. The normalized spacial score (nSPS) is 17.7. The number of H-pyrrole nitrogens is 1. The molecule has 5 rings (SSSR count). The van der Waals surface area contributed by atoms with Gasteiger partial charge < -0.3 is 20.1 Å². The van der Waals surface area contributed by atoms with Crippen LogP contribution in [0, 0.1) is 0 Å². The van der Waals surface area contributed by atoms with E-state index in [0.717, 1.165) is 12.8 Å². The number of hydrogen-bond acceptors (Lipinski definition) is 8. The molecule has 4 heterocycles. The smallest absolute Gasteiger partial charge is 0.196 e. The first-order chi connectivity index (χ1) is 17.5. The molecule has 9 nitrogen and oxygen atoms in total. The molecule has 1 saturated heterocycles. The summed E-state index contributed by atoms with van der Waals surface area (Å²) in [5.41, 5.74) is 2.45. The Bertz CT molecular complexity index is 1400. The number of ketones is 2. The van der Waals surface area contributed by atoms with Crippen molar-refractivity contribution >= 4 is 40.0 Å². The van der Waals surface area contributed by atoms with Gasteiger partial charge in [-0.1, -0.05) is 17.7 Å². The average molecular weight is 506 g/mol. The first kappa shape index (κ1) is 24.1. The third-order valence-electron chi connectivity index (χ3n) is 6.26. The number of carbonyl (C=O) groups is 2. The number of aliphatic hydroxyl groups excluding tert-OH is 1. The van der Waals surface area contributed by atoms with Crippen molar-refractivity contribution in [1.82, 2.24) is 19.9 Å². The molecule has 2 atom stereocenters. The number of pyridine rings is 1. The number of fused-ring (bicyclic) bond motifs is 1. The Labute approximate surface area is 211 Å². The van der Waals surface area contributed by atoms with E-state index >= 15 is 0 Å². The summed E-state index contributed by atoms with van der Waals surface area (Å²) in [4.78, 5) is 41.7. The summed E-state index contributed by atoms with van der Waals surface area (Å²) in [6.07, 6.45) is 7.69. The molecule has 184 valence electrons. The fourth-order valence-corrected chi connectivity index (χ4v) is 4.61. The van der Waals surface area contributed by atoms with Crippen molar-refractivity contribution in [2.45, 2.75) is 31.4 Å². The molecule has 0 radical (unpaired) electrons. The molecule has 4 aromatic rings. The fourth-order valence-electron chi connectivity index (χ4n) is 4.32. The van der Waals surface area contributed by atoms with E-state index in [2.05, 4.69) is 25.3 Å². The highest BCUT2D eigenvalue weighted by Gasteiger charge is 2.25. The number of nitrogens with one attached hydrogen (secondary N) is 2. The molecular weight excluding hydrogens is 482 g/mol. The zero-order valence-corrected chi connectivity index (χ0v) is 20.0. The van der Waals surface area contributed by atoms with Crippen molar-refractivity contribution in [2.75, 3.05) is 18.5 Å². The van der Waals surface area contributed by atoms with Crippen molar-refractivity contribution < 1.29 is 19.4 Å². The monoisotopic (exact) mass is 505 g/mol. The first-order valence-corrected chi connectivity index (χ1v) is 12.0. The molecule has 1 aliphatic heterocycles. The maximum absolute atomic E-state index is 13.5. The highest BCUT2D eigenvalue weighted by Crippen LogP contribution is 2.30. The predicted molar refractivity (Wildman–Crippen MR) is 135 cm³/mol. The van der Waals surface area contributed by atoms with Crippen LogP contribution in [0.5, 0.6) is 0 Å². The molecule has 36 heavy (non-hydrogen) atoms. The number of Topliss-reactive ketones (excluding diaryl/α,β-unsaturated/α-hetero) is 1. The second kappa shape index (κ2) is 10.5.